The monoisotopic (exact) mass is 418 g/mol. The van der Waals surface area contributed by atoms with Crippen LogP contribution in [0.25, 0.3) is 0 Å². The van der Waals surface area contributed by atoms with Crippen LogP contribution < -0.4 is 4.74 Å². The van der Waals surface area contributed by atoms with Gasteiger partial charge in [-0.05, 0) is 113 Å². The largest absolute Gasteiger partial charge is 0.491 e. The van der Waals surface area contributed by atoms with Crippen molar-refractivity contribution in [2.45, 2.75) is 83.7 Å². The zero-order valence-electron chi connectivity index (χ0n) is 18.5. The molecule has 1 heterocycles. The molecule has 30 heavy (non-hydrogen) atoms. The van der Waals surface area contributed by atoms with Crippen molar-refractivity contribution in [3.05, 3.63) is 41.0 Å². The minimum atomic E-state index is -0.829. The lowest BCUT2D eigenvalue weighted by atomic mass is 9.67. The predicted octanol–water partition coefficient (Wildman–Crippen LogP) is 7.18. The van der Waals surface area contributed by atoms with Crippen molar-refractivity contribution < 1.29 is 18.3 Å². The molecule has 4 heteroatoms. The molecule has 0 saturated heterocycles. The Labute approximate surface area is 180 Å². The number of benzene rings is 1. The minimum Gasteiger partial charge on any atom is -0.491 e. The van der Waals surface area contributed by atoms with Gasteiger partial charge in [0.15, 0.2) is 11.6 Å². The van der Waals surface area contributed by atoms with E-state index < -0.39 is 11.6 Å². The molecule has 2 nitrogen and oxygen atoms in total. The number of rotatable bonds is 5. The van der Waals surface area contributed by atoms with Gasteiger partial charge in [-0.1, -0.05) is 12.1 Å². The third-order valence-electron chi connectivity index (χ3n) is 7.80. The second-order valence-corrected chi connectivity index (χ2v) is 9.57. The molecule has 1 aliphatic heterocycles. The van der Waals surface area contributed by atoms with Gasteiger partial charge in [-0.2, -0.15) is 4.39 Å². The van der Waals surface area contributed by atoms with Crippen molar-refractivity contribution in [1.82, 2.24) is 0 Å². The molecule has 0 aromatic heterocycles. The summed E-state index contributed by atoms with van der Waals surface area (Å²) in [4.78, 5) is 0. The molecular formula is C26H36F2O2. The summed E-state index contributed by atoms with van der Waals surface area (Å²) >= 11 is 0. The third-order valence-corrected chi connectivity index (χ3v) is 7.80. The number of halogens is 2. The van der Waals surface area contributed by atoms with Crippen molar-refractivity contribution >= 4 is 0 Å². The standard InChI is InChI=1S/C26H36F2O2/c1-3-29-24-15-14-23(25(27)26(24)28)21-12-10-19(11-13-21)18-6-8-20(9-7-18)22-5-4-17(2)30-16-22/h5,14-15,17-21H,3-4,6-13,16H2,1-2H3. The SMILES string of the molecule is CCOc1ccc(C2CCC(C3CCC(C4=CCC(C)OC4)CC3)CC2)c(F)c1F. The van der Waals surface area contributed by atoms with E-state index in [-0.39, 0.29) is 11.7 Å². The molecule has 2 saturated carbocycles. The Morgan fingerprint density at radius 2 is 1.53 bits per heavy atom. The van der Waals surface area contributed by atoms with Crippen molar-refractivity contribution in [3.8, 4) is 5.75 Å². The second kappa shape index (κ2) is 9.80. The Kier molecular flexibility index (Phi) is 7.12. The van der Waals surface area contributed by atoms with E-state index in [2.05, 4.69) is 13.0 Å². The molecule has 1 aromatic rings. The van der Waals surface area contributed by atoms with Gasteiger partial charge in [0, 0.05) is 0 Å². The third kappa shape index (κ3) is 4.74. The Hall–Kier alpha value is -1.42. The molecule has 0 bridgehead atoms. The van der Waals surface area contributed by atoms with Gasteiger partial charge in [0.05, 0.1) is 19.3 Å². The van der Waals surface area contributed by atoms with E-state index in [1.54, 1.807) is 19.1 Å². The fraction of sp³-hybridized carbons (Fsp3) is 0.692. The smallest absolute Gasteiger partial charge is 0.200 e. The predicted molar refractivity (Wildman–Crippen MR) is 116 cm³/mol. The highest BCUT2D eigenvalue weighted by Gasteiger charge is 2.33. The molecule has 4 rings (SSSR count). The Bertz CT molecular complexity index is 744. The van der Waals surface area contributed by atoms with Gasteiger partial charge >= 0.3 is 0 Å². The molecular weight excluding hydrogens is 382 g/mol. The van der Waals surface area contributed by atoms with Crippen molar-refractivity contribution in [1.29, 1.82) is 0 Å². The van der Waals surface area contributed by atoms with Gasteiger partial charge in [0.1, 0.15) is 0 Å². The molecule has 0 spiro atoms. The number of hydrogen-bond acceptors (Lipinski definition) is 2. The molecule has 0 amide bonds. The zero-order chi connectivity index (χ0) is 21.1. The molecule has 1 aromatic carbocycles. The van der Waals surface area contributed by atoms with Crippen LogP contribution in [0.3, 0.4) is 0 Å². The van der Waals surface area contributed by atoms with E-state index in [4.69, 9.17) is 9.47 Å². The van der Waals surface area contributed by atoms with Crippen LogP contribution in [0.4, 0.5) is 8.78 Å². The highest BCUT2D eigenvalue weighted by atomic mass is 19.2. The first-order valence-corrected chi connectivity index (χ1v) is 12.0. The minimum absolute atomic E-state index is 0.0251. The topological polar surface area (TPSA) is 18.5 Å². The van der Waals surface area contributed by atoms with Gasteiger partial charge < -0.3 is 9.47 Å². The fourth-order valence-electron chi connectivity index (χ4n) is 5.96. The van der Waals surface area contributed by atoms with Crippen LogP contribution in [-0.4, -0.2) is 19.3 Å². The number of ether oxygens (including phenoxy) is 2. The van der Waals surface area contributed by atoms with E-state index in [0.717, 1.165) is 50.5 Å². The molecule has 1 unspecified atom stereocenters. The second-order valence-electron chi connectivity index (χ2n) is 9.57. The van der Waals surface area contributed by atoms with Crippen LogP contribution in [0, 0.1) is 29.4 Å². The van der Waals surface area contributed by atoms with E-state index >= 15 is 0 Å². The van der Waals surface area contributed by atoms with E-state index in [1.807, 2.05) is 0 Å². The average molecular weight is 419 g/mol. The average Bonchev–Trinajstić information content (AvgIpc) is 2.78. The maximum atomic E-state index is 14.6. The van der Waals surface area contributed by atoms with Gasteiger partial charge in [-0.25, -0.2) is 4.39 Å². The Morgan fingerprint density at radius 3 is 2.10 bits per heavy atom. The quantitative estimate of drug-likeness (QED) is 0.472. The summed E-state index contributed by atoms with van der Waals surface area (Å²) in [5.41, 5.74) is 2.07. The Morgan fingerprint density at radius 1 is 0.900 bits per heavy atom. The molecule has 166 valence electrons. The van der Waals surface area contributed by atoms with Crippen LogP contribution in [0.2, 0.25) is 0 Å². The summed E-state index contributed by atoms with van der Waals surface area (Å²) in [5.74, 6) is 0.882. The van der Waals surface area contributed by atoms with Gasteiger partial charge in [-0.3, -0.25) is 0 Å². The molecule has 2 aliphatic carbocycles. The summed E-state index contributed by atoms with van der Waals surface area (Å²) < 4.78 is 39.9. The van der Waals surface area contributed by atoms with E-state index in [1.165, 1.54) is 31.3 Å². The Balaban J connectivity index is 1.29. The van der Waals surface area contributed by atoms with Crippen LogP contribution in [0.15, 0.2) is 23.8 Å². The molecule has 2 fully saturated rings. The first-order valence-electron chi connectivity index (χ1n) is 12.0. The zero-order valence-corrected chi connectivity index (χ0v) is 18.5. The number of hydrogen-bond donors (Lipinski definition) is 0. The molecule has 3 aliphatic rings. The van der Waals surface area contributed by atoms with Crippen LogP contribution in [0.5, 0.6) is 5.75 Å². The summed E-state index contributed by atoms with van der Waals surface area (Å²) in [7, 11) is 0. The summed E-state index contributed by atoms with van der Waals surface area (Å²) in [6, 6.07) is 3.33. The van der Waals surface area contributed by atoms with E-state index in [0.29, 0.717) is 24.2 Å². The lowest BCUT2D eigenvalue weighted by Crippen LogP contribution is -2.28. The lowest BCUT2D eigenvalue weighted by molar-refractivity contribution is 0.0653. The van der Waals surface area contributed by atoms with Crippen LogP contribution in [-0.2, 0) is 4.74 Å². The maximum absolute atomic E-state index is 14.6. The summed E-state index contributed by atoms with van der Waals surface area (Å²) in [6.07, 6.45) is 13.2. The van der Waals surface area contributed by atoms with Gasteiger partial charge in [-0.15, -0.1) is 0 Å². The van der Waals surface area contributed by atoms with Crippen molar-refractivity contribution in [2.24, 2.45) is 17.8 Å². The summed E-state index contributed by atoms with van der Waals surface area (Å²) in [5, 5.41) is 0. The molecule has 1 atom stereocenters. The first-order chi connectivity index (χ1) is 14.6. The van der Waals surface area contributed by atoms with Crippen molar-refractivity contribution in [3.63, 3.8) is 0 Å². The highest BCUT2D eigenvalue weighted by molar-refractivity contribution is 5.33. The summed E-state index contributed by atoms with van der Waals surface area (Å²) in [6.45, 7) is 5.09. The van der Waals surface area contributed by atoms with E-state index in [9.17, 15) is 8.78 Å². The highest BCUT2D eigenvalue weighted by Crippen LogP contribution is 2.46. The first kappa shape index (κ1) is 21.8. The molecule has 0 N–H and O–H groups in total. The van der Waals surface area contributed by atoms with Crippen LogP contribution in [0.1, 0.15) is 83.1 Å². The van der Waals surface area contributed by atoms with Crippen LogP contribution >= 0.6 is 0 Å². The normalized spacial score (nSPS) is 32.5. The maximum Gasteiger partial charge on any atom is 0.200 e. The molecule has 0 radical (unpaired) electrons. The van der Waals surface area contributed by atoms with Gasteiger partial charge in [0.2, 0.25) is 5.82 Å². The van der Waals surface area contributed by atoms with Crippen molar-refractivity contribution in [2.75, 3.05) is 13.2 Å². The fourth-order valence-corrected chi connectivity index (χ4v) is 5.96. The van der Waals surface area contributed by atoms with Gasteiger partial charge in [0.25, 0.3) is 0 Å². The lowest BCUT2D eigenvalue weighted by Gasteiger charge is -2.39.